The van der Waals surface area contributed by atoms with Crippen molar-refractivity contribution in [3.8, 4) is 11.5 Å². The number of ether oxygens (including phenoxy) is 2. The molecule has 17 heavy (non-hydrogen) atoms. The van der Waals surface area contributed by atoms with Gasteiger partial charge in [0.05, 0.1) is 6.61 Å². The SMILES string of the molecule is N=Cc1ccc(OC(F)F)c(OCC2CC2)c1. The Morgan fingerprint density at radius 2 is 2.12 bits per heavy atom. The van der Waals surface area contributed by atoms with Crippen LogP contribution in [-0.4, -0.2) is 19.4 Å². The molecule has 0 aliphatic heterocycles. The highest BCUT2D eigenvalue weighted by Crippen LogP contribution is 2.33. The van der Waals surface area contributed by atoms with Crippen molar-refractivity contribution in [2.45, 2.75) is 19.5 Å². The molecular formula is C12H13F2NO2. The number of halogens is 2. The van der Waals surface area contributed by atoms with Crippen molar-refractivity contribution in [3.63, 3.8) is 0 Å². The molecule has 92 valence electrons. The molecule has 1 aliphatic carbocycles. The van der Waals surface area contributed by atoms with Gasteiger partial charge in [0, 0.05) is 6.21 Å². The van der Waals surface area contributed by atoms with E-state index in [-0.39, 0.29) is 11.5 Å². The fourth-order valence-corrected chi connectivity index (χ4v) is 1.41. The highest BCUT2D eigenvalue weighted by atomic mass is 19.3. The predicted octanol–water partition coefficient (Wildman–Crippen LogP) is 3.07. The molecule has 0 saturated heterocycles. The van der Waals surface area contributed by atoms with Gasteiger partial charge in [-0.2, -0.15) is 8.78 Å². The van der Waals surface area contributed by atoms with Gasteiger partial charge in [0.25, 0.3) is 0 Å². The Morgan fingerprint density at radius 3 is 2.71 bits per heavy atom. The first-order valence-electron chi connectivity index (χ1n) is 5.41. The molecule has 1 saturated carbocycles. The lowest BCUT2D eigenvalue weighted by Gasteiger charge is -2.12. The average molecular weight is 241 g/mol. The number of rotatable bonds is 6. The van der Waals surface area contributed by atoms with E-state index in [1.807, 2.05) is 0 Å². The second-order valence-corrected chi connectivity index (χ2v) is 3.98. The summed E-state index contributed by atoms with van der Waals surface area (Å²) >= 11 is 0. The lowest BCUT2D eigenvalue weighted by Crippen LogP contribution is -2.06. The van der Waals surface area contributed by atoms with E-state index in [1.54, 1.807) is 0 Å². The molecule has 0 radical (unpaired) electrons. The van der Waals surface area contributed by atoms with E-state index in [1.165, 1.54) is 18.2 Å². The molecule has 1 aliphatic rings. The third-order valence-electron chi connectivity index (χ3n) is 2.52. The minimum Gasteiger partial charge on any atom is -0.489 e. The fourth-order valence-electron chi connectivity index (χ4n) is 1.41. The standard InChI is InChI=1S/C12H13F2NO2/c13-12(14)17-10-4-3-9(6-15)5-11(10)16-7-8-1-2-8/h3-6,8,12,15H,1-2,7H2. The Morgan fingerprint density at radius 1 is 1.35 bits per heavy atom. The van der Waals surface area contributed by atoms with Crippen LogP contribution in [0.5, 0.6) is 11.5 Å². The highest BCUT2D eigenvalue weighted by Gasteiger charge is 2.23. The molecule has 2 rings (SSSR count). The summed E-state index contributed by atoms with van der Waals surface area (Å²) in [6, 6.07) is 4.47. The first-order chi connectivity index (χ1) is 8.19. The van der Waals surface area contributed by atoms with Gasteiger partial charge in [0.15, 0.2) is 11.5 Å². The van der Waals surface area contributed by atoms with Gasteiger partial charge < -0.3 is 14.9 Å². The summed E-state index contributed by atoms with van der Waals surface area (Å²) in [7, 11) is 0. The number of hydrogen-bond donors (Lipinski definition) is 1. The molecule has 0 amide bonds. The fraction of sp³-hybridized carbons (Fsp3) is 0.417. The van der Waals surface area contributed by atoms with Gasteiger partial charge in [0.2, 0.25) is 0 Å². The zero-order valence-corrected chi connectivity index (χ0v) is 9.16. The molecule has 1 N–H and O–H groups in total. The van der Waals surface area contributed by atoms with Crippen LogP contribution in [0.3, 0.4) is 0 Å². The summed E-state index contributed by atoms with van der Waals surface area (Å²) in [5.41, 5.74) is 0.595. The Hall–Kier alpha value is -1.65. The van der Waals surface area contributed by atoms with Gasteiger partial charge in [0.1, 0.15) is 0 Å². The van der Waals surface area contributed by atoms with Gasteiger partial charge in [-0.15, -0.1) is 0 Å². The van der Waals surface area contributed by atoms with E-state index >= 15 is 0 Å². The van der Waals surface area contributed by atoms with Crippen LogP contribution in [0.2, 0.25) is 0 Å². The van der Waals surface area contributed by atoms with E-state index in [2.05, 4.69) is 4.74 Å². The molecule has 1 aromatic rings. The van der Waals surface area contributed by atoms with Crippen molar-refractivity contribution in [1.82, 2.24) is 0 Å². The maximum atomic E-state index is 12.2. The largest absolute Gasteiger partial charge is 0.489 e. The van der Waals surface area contributed by atoms with Crippen molar-refractivity contribution in [3.05, 3.63) is 23.8 Å². The summed E-state index contributed by atoms with van der Waals surface area (Å²) in [5.74, 6) is 0.822. The molecule has 0 atom stereocenters. The van der Waals surface area contributed by atoms with E-state index in [0.717, 1.165) is 19.1 Å². The lowest BCUT2D eigenvalue weighted by atomic mass is 10.2. The highest BCUT2D eigenvalue weighted by molar-refractivity contribution is 5.78. The second kappa shape index (κ2) is 5.12. The molecule has 0 unspecified atom stereocenters. The van der Waals surface area contributed by atoms with E-state index < -0.39 is 6.61 Å². The van der Waals surface area contributed by atoms with Gasteiger partial charge in [-0.3, -0.25) is 0 Å². The average Bonchev–Trinajstić information content (AvgIpc) is 3.11. The predicted molar refractivity (Wildman–Crippen MR) is 59.2 cm³/mol. The molecule has 5 heteroatoms. The van der Waals surface area contributed by atoms with E-state index in [9.17, 15) is 8.78 Å². The van der Waals surface area contributed by atoms with Crippen molar-refractivity contribution in [2.24, 2.45) is 5.92 Å². The molecule has 1 fully saturated rings. The topological polar surface area (TPSA) is 42.3 Å². The third kappa shape index (κ3) is 3.41. The number of benzene rings is 1. The van der Waals surface area contributed by atoms with Gasteiger partial charge in [-0.05, 0) is 42.5 Å². The Labute approximate surface area is 97.9 Å². The molecular weight excluding hydrogens is 228 g/mol. The minimum atomic E-state index is -2.87. The summed E-state index contributed by atoms with van der Waals surface area (Å²) in [4.78, 5) is 0. The van der Waals surface area contributed by atoms with Gasteiger partial charge in [-0.25, -0.2) is 0 Å². The number of nitrogens with one attached hydrogen (secondary N) is 1. The second-order valence-electron chi connectivity index (χ2n) is 3.98. The normalized spacial score (nSPS) is 14.8. The Kier molecular flexibility index (Phi) is 3.56. The zero-order chi connectivity index (χ0) is 12.3. The summed E-state index contributed by atoms with van der Waals surface area (Å²) < 4.78 is 34.1. The van der Waals surface area contributed by atoms with Gasteiger partial charge >= 0.3 is 6.61 Å². The van der Waals surface area contributed by atoms with Crippen LogP contribution in [-0.2, 0) is 0 Å². The maximum absolute atomic E-state index is 12.2. The molecule has 0 heterocycles. The van der Waals surface area contributed by atoms with Crippen molar-refractivity contribution in [2.75, 3.05) is 6.61 Å². The quantitative estimate of drug-likeness (QED) is 0.778. The first kappa shape index (κ1) is 11.8. The molecule has 0 aromatic heterocycles. The number of hydrogen-bond acceptors (Lipinski definition) is 3. The van der Waals surface area contributed by atoms with Crippen LogP contribution in [0.25, 0.3) is 0 Å². The minimum absolute atomic E-state index is 0.0197. The van der Waals surface area contributed by atoms with E-state index in [4.69, 9.17) is 10.1 Å². The smallest absolute Gasteiger partial charge is 0.387 e. The molecule has 0 spiro atoms. The Bertz CT molecular complexity index is 405. The third-order valence-corrected chi connectivity index (χ3v) is 2.52. The molecule has 1 aromatic carbocycles. The monoisotopic (exact) mass is 241 g/mol. The maximum Gasteiger partial charge on any atom is 0.387 e. The van der Waals surface area contributed by atoms with Crippen molar-refractivity contribution < 1.29 is 18.3 Å². The van der Waals surface area contributed by atoms with Crippen LogP contribution in [0.4, 0.5) is 8.78 Å². The summed E-state index contributed by atoms with van der Waals surface area (Å²) in [5, 5.41) is 7.11. The van der Waals surface area contributed by atoms with Crippen LogP contribution < -0.4 is 9.47 Å². The molecule has 3 nitrogen and oxygen atoms in total. The summed E-state index contributed by atoms with van der Waals surface area (Å²) in [6.07, 6.45) is 3.38. The summed E-state index contributed by atoms with van der Waals surface area (Å²) in [6.45, 7) is -2.36. The lowest BCUT2D eigenvalue weighted by molar-refractivity contribution is -0.0515. The van der Waals surface area contributed by atoms with Crippen molar-refractivity contribution in [1.29, 1.82) is 5.41 Å². The van der Waals surface area contributed by atoms with Crippen LogP contribution >= 0.6 is 0 Å². The first-order valence-corrected chi connectivity index (χ1v) is 5.41. The van der Waals surface area contributed by atoms with Crippen LogP contribution in [0, 0.1) is 11.3 Å². The van der Waals surface area contributed by atoms with Crippen molar-refractivity contribution >= 4 is 6.21 Å². The van der Waals surface area contributed by atoms with Crippen LogP contribution in [0.15, 0.2) is 18.2 Å². The molecule has 0 bridgehead atoms. The van der Waals surface area contributed by atoms with E-state index in [0.29, 0.717) is 18.1 Å². The number of alkyl halides is 2. The van der Waals surface area contributed by atoms with Gasteiger partial charge in [-0.1, -0.05) is 0 Å². The van der Waals surface area contributed by atoms with Crippen LogP contribution in [0.1, 0.15) is 18.4 Å². The zero-order valence-electron chi connectivity index (χ0n) is 9.16. The Balaban J connectivity index is 2.12.